The van der Waals surface area contributed by atoms with Gasteiger partial charge in [0.25, 0.3) is 0 Å². The molecule has 0 heterocycles. The lowest BCUT2D eigenvalue weighted by molar-refractivity contribution is -0.137. The maximum absolute atomic E-state index is 12.8. The number of amides is 1. The van der Waals surface area contributed by atoms with Gasteiger partial charge in [-0.25, -0.2) is 0 Å². The molecule has 1 fully saturated rings. The molecule has 0 atom stereocenters. The molecule has 0 saturated heterocycles. The molecule has 1 amide bonds. The number of carbonyl (C=O) groups excluding carboxylic acids is 1. The van der Waals surface area contributed by atoms with E-state index in [0.717, 1.165) is 31.7 Å². The fraction of sp³-hybridized carbons (Fsp3) is 0.533. The van der Waals surface area contributed by atoms with E-state index in [1.807, 2.05) is 0 Å². The molecule has 1 aliphatic carbocycles. The maximum Gasteiger partial charge on any atom is 0.418 e. The molecule has 5 heteroatoms. The summed E-state index contributed by atoms with van der Waals surface area (Å²) in [6.07, 6.45) is 1.26. The van der Waals surface area contributed by atoms with Gasteiger partial charge >= 0.3 is 6.18 Å². The van der Waals surface area contributed by atoms with Crippen LogP contribution >= 0.6 is 0 Å². The number of rotatable bonds is 3. The molecule has 0 aromatic heterocycles. The Morgan fingerprint density at radius 1 is 1.15 bits per heavy atom. The minimum Gasteiger partial charge on any atom is -0.325 e. The van der Waals surface area contributed by atoms with E-state index in [9.17, 15) is 18.0 Å². The monoisotopic (exact) mass is 285 g/mol. The van der Waals surface area contributed by atoms with Crippen molar-refractivity contribution in [3.05, 3.63) is 29.8 Å². The van der Waals surface area contributed by atoms with Crippen LogP contribution < -0.4 is 5.32 Å². The van der Waals surface area contributed by atoms with Crippen LogP contribution in [0.3, 0.4) is 0 Å². The predicted molar refractivity (Wildman–Crippen MR) is 71.3 cm³/mol. The van der Waals surface area contributed by atoms with Crippen molar-refractivity contribution in [3.63, 3.8) is 0 Å². The SMILES string of the molecule is O=C(CC1CCCCC1)Nc1ccccc1C(F)(F)F. The average Bonchev–Trinajstić information content (AvgIpc) is 2.39. The summed E-state index contributed by atoms with van der Waals surface area (Å²) in [5, 5.41) is 2.41. The van der Waals surface area contributed by atoms with Gasteiger partial charge < -0.3 is 5.32 Å². The van der Waals surface area contributed by atoms with E-state index in [2.05, 4.69) is 5.32 Å². The summed E-state index contributed by atoms with van der Waals surface area (Å²) in [6, 6.07) is 5.09. The first kappa shape index (κ1) is 14.9. The molecule has 0 unspecified atom stereocenters. The van der Waals surface area contributed by atoms with Crippen LogP contribution in [-0.4, -0.2) is 5.91 Å². The quantitative estimate of drug-likeness (QED) is 0.863. The molecule has 1 saturated carbocycles. The molecule has 1 aromatic carbocycles. The van der Waals surface area contributed by atoms with Crippen molar-refractivity contribution >= 4 is 11.6 Å². The van der Waals surface area contributed by atoms with E-state index in [0.29, 0.717) is 12.3 Å². The number of hydrogen-bond donors (Lipinski definition) is 1. The topological polar surface area (TPSA) is 29.1 Å². The highest BCUT2D eigenvalue weighted by molar-refractivity contribution is 5.91. The van der Waals surface area contributed by atoms with E-state index in [1.54, 1.807) is 0 Å². The Morgan fingerprint density at radius 2 is 1.80 bits per heavy atom. The van der Waals surface area contributed by atoms with Crippen LogP contribution in [-0.2, 0) is 11.0 Å². The molecule has 0 spiro atoms. The first-order valence-corrected chi connectivity index (χ1v) is 6.93. The van der Waals surface area contributed by atoms with Crippen molar-refractivity contribution in [2.75, 3.05) is 5.32 Å². The number of alkyl halides is 3. The van der Waals surface area contributed by atoms with Crippen molar-refractivity contribution < 1.29 is 18.0 Å². The van der Waals surface area contributed by atoms with Gasteiger partial charge in [0.05, 0.1) is 11.3 Å². The van der Waals surface area contributed by atoms with Crippen molar-refractivity contribution in [1.82, 2.24) is 0 Å². The number of nitrogens with one attached hydrogen (secondary N) is 1. The summed E-state index contributed by atoms with van der Waals surface area (Å²) < 4.78 is 38.4. The minimum atomic E-state index is -4.45. The van der Waals surface area contributed by atoms with Gasteiger partial charge in [-0.05, 0) is 30.9 Å². The second kappa shape index (κ2) is 6.29. The third kappa shape index (κ3) is 3.99. The molecule has 2 rings (SSSR count). The molecule has 20 heavy (non-hydrogen) atoms. The first-order valence-electron chi connectivity index (χ1n) is 6.93. The lowest BCUT2D eigenvalue weighted by atomic mass is 9.87. The normalized spacial score (nSPS) is 16.9. The highest BCUT2D eigenvalue weighted by Gasteiger charge is 2.33. The Morgan fingerprint density at radius 3 is 2.45 bits per heavy atom. The van der Waals surface area contributed by atoms with E-state index < -0.39 is 11.7 Å². The van der Waals surface area contributed by atoms with Crippen molar-refractivity contribution in [2.45, 2.75) is 44.7 Å². The molecule has 1 aromatic rings. The molecule has 0 bridgehead atoms. The Labute approximate surface area is 116 Å². The third-order valence-electron chi connectivity index (χ3n) is 3.71. The Kier molecular flexibility index (Phi) is 4.68. The van der Waals surface area contributed by atoms with Gasteiger partial charge in [-0.15, -0.1) is 0 Å². The standard InChI is InChI=1S/C15H18F3NO/c16-15(17,18)12-8-4-5-9-13(12)19-14(20)10-11-6-2-1-3-7-11/h4-5,8-9,11H,1-3,6-7,10H2,(H,19,20). The summed E-state index contributed by atoms with van der Waals surface area (Å²) in [6.45, 7) is 0. The summed E-state index contributed by atoms with van der Waals surface area (Å²) in [4.78, 5) is 11.9. The van der Waals surface area contributed by atoms with Gasteiger partial charge in [0.2, 0.25) is 5.91 Å². The molecule has 1 N–H and O–H groups in total. The molecular weight excluding hydrogens is 267 g/mol. The highest BCUT2D eigenvalue weighted by Crippen LogP contribution is 2.35. The lowest BCUT2D eigenvalue weighted by Gasteiger charge is -2.21. The smallest absolute Gasteiger partial charge is 0.325 e. The van der Waals surface area contributed by atoms with Crippen molar-refractivity contribution in [1.29, 1.82) is 0 Å². The maximum atomic E-state index is 12.8. The van der Waals surface area contributed by atoms with Gasteiger partial charge in [0, 0.05) is 6.42 Å². The Balaban J connectivity index is 2.00. The second-order valence-corrected chi connectivity index (χ2v) is 5.30. The number of halogens is 3. The molecule has 1 aliphatic rings. The Hall–Kier alpha value is -1.52. The van der Waals surface area contributed by atoms with Crippen molar-refractivity contribution in [2.24, 2.45) is 5.92 Å². The zero-order chi connectivity index (χ0) is 14.6. The summed E-state index contributed by atoms with van der Waals surface area (Å²) in [5.41, 5.74) is -0.946. The van der Waals surface area contributed by atoms with E-state index >= 15 is 0 Å². The molecular formula is C15H18F3NO. The zero-order valence-corrected chi connectivity index (χ0v) is 11.2. The summed E-state index contributed by atoms with van der Waals surface area (Å²) in [5.74, 6) is -0.0181. The Bertz CT molecular complexity index is 464. The number of carbonyl (C=O) groups is 1. The second-order valence-electron chi connectivity index (χ2n) is 5.30. The van der Waals surface area contributed by atoms with Crippen LogP contribution in [0, 0.1) is 5.92 Å². The predicted octanol–water partition coefficient (Wildman–Crippen LogP) is 4.61. The number of anilines is 1. The van der Waals surface area contributed by atoms with Gasteiger partial charge in [0.1, 0.15) is 0 Å². The lowest BCUT2D eigenvalue weighted by Crippen LogP contribution is -2.20. The molecule has 110 valence electrons. The molecule has 0 radical (unpaired) electrons. The summed E-state index contributed by atoms with van der Waals surface area (Å²) >= 11 is 0. The van der Waals surface area contributed by atoms with Crippen LogP contribution in [0.4, 0.5) is 18.9 Å². The van der Waals surface area contributed by atoms with Gasteiger partial charge in [-0.2, -0.15) is 13.2 Å². The largest absolute Gasteiger partial charge is 0.418 e. The molecule has 2 nitrogen and oxygen atoms in total. The summed E-state index contributed by atoms with van der Waals surface area (Å²) in [7, 11) is 0. The van der Waals surface area contributed by atoms with Gasteiger partial charge in [-0.1, -0.05) is 31.4 Å². The number of para-hydroxylation sites is 1. The van der Waals surface area contributed by atoms with Crippen LogP contribution in [0.25, 0.3) is 0 Å². The van der Waals surface area contributed by atoms with Crippen LogP contribution in [0.2, 0.25) is 0 Å². The number of benzene rings is 1. The van der Waals surface area contributed by atoms with Crippen LogP contribution in [0.15, 0.2) is 24.3 Å². The van der Waals surface area contributed by atoms with Gasteiger partial charge in [-0.3, -0.25) is 4.79 Å². The van der Waals surface area contributed by atoms with Crippen LogP contribution in [0.5, 0.6) is 0 Å². The third-order valence-corrected chi connectivity index (χ3v) is 3.71. The van der Waals surface area contributed by atoms with E-state index in [1.165, 1.54) is 24.6 Å². The first-order chi connectivity index (χ1) is 9.47. The van der Waals surface area contributed by atoms with Crippen molar-refractivity contribution in [3.8, 4) is 0 Å². The van der Waals surface area contributed by atoms with E-state index in [-0.39, 0.29) is 11.6 Å². The van der Waals surface area contributed by atoms with Gasteiger partial charge in [0.15, 0.2) is 0 Å². The number of hydrogen-bond acceptors (Lipinski definition) is 1. The van der Waals surface area contributed by atoms with Crippen LogP contribution in [0.1, 0.15) is 44.1 Å². The minimum absolute atomic E-state index is 0.152. The highest BCUT2D eigenvalue weighted by atomic mass is 19.4. The zero-order valence-electron chi connectivity index (χ0n) is 11.2. The average molecular weight is 285 g/mol. The molecule has 0 aliphatic heterocycles. The fourth-order valence-corrected chi connectivity index (χ4v) is 2.69. The van der Waals surface area contributed by atoms with E-state index in [4.69, 9.17) is 0 Å². The fourth-order valence-electron chi connectivity index (χ4n) is 2.69.